The lowest BCUT2D eigenvalue weighted by Gasteiger charge is -2.22. The Hall–Kier alpha value is -2.47. The highest BCUT2D eigenvalue weighted by molar-refractivity contribution is 6.33. The molecule has 0 fully saturated rings. The van der Waals surface area contributed by atoms with E-state index in [9.17, 15) is 10.1 Å². The van der Waals surface area contributed by atoms with Crippen molar-refractivity contribution in [2.24, 2.45) is 0 Å². The van der Waals surface area contributed by atoms with Crippen molar-refractivity contribution in [2.45, 2.75) is 26.4 Å². The summed E-state index contributed by atoms with van der Waals surface area (Å²) < 4.78 is 10.9. The maximum atomic E-state index is 11.4. The third kappa shape index (κ3) is 4.52. The molecule has 0 aliphatic rings. The van der Waals surface area contributed by atoms with E-state index < -0.39 is 10.5 Å². The molecule has 0 saturated heterocycles. The molecule has 2 rings (SSSR count). The van der Waals surface area contributed by atoms with Crippen LogP contribution in [0.5, 0.6) is 11.5 Å². The second-order valence-corrected chi connectivity index (χ2v) is 6.53. The standard InChI is InChI=1S/C17H19ClN2O4/c1-17(2,3)24-13-9-14(18)16(20(21)22)15(10-13)19-11-5-7-12(23-4)8-6-11/h5-10,19H,1-4H3. The predicted molar refractivity (Wildman–Crippen MR) is 94.8 cm³/mol. The molecule has 6 nitrogen and oxygen atoms in total. The molecule has 0 aromatic heterocycles. The summed E-state index contributed by atoms with van der Waals surface area (Å²) in [6.45, 7) is 5.66. The van der Waals surface area contributed by atoms with Gasteiger partial charge in [-0.15, -0.1) is 0 Å². The van der Waals surface area contributed by atoms with E-state index in [1.54, 1.807) is 37.4 Å². The van der Waals surface area contributed by atoms with Crippen LogP contribution in [0.1, 0.15) is 20.8 Å². The maximum absolute atomic E-state index is 11.4. The van der Waals surface area contributed by atoms with Gasteiger partial charge in [-0.2, -0.15) is 0 Å². The highest BCUT2D eigenvalue weighted by atomic mass is 35.5. The average molecular weight is 351 g/mol. The van der Waals surface area contributed by atoms with Gasteiger partial charge in [-0.3, -0.25) is 10.1 Å². The molecular formula is C17H19ClN2O4. The van der Waals surface area contributed by atoms with Gasteiger partial charge in [0.2, 0.25) is 0 Å². The zero-order valence-corrected chi connectivity index (χ0v) is 14.7. The largest absolute Gasteiger partial charge is 0.497 e. The Labute approximate surface area is 145 Å². The van der Waals surface area contributed by atoms with E-state index in [4.69, 9.17) is 21.1 Å². The van der Waals surface area contributed by atoms with Crippen LogP contribution in [-0.2, 0) is 0 Å². The van der Waals surface area contributed by atoms with Gasteiger partial charge >= 0.3 is 5.69 Å². The number of nitrogens with one attached hydrogen (secondary N) is 1. The molecule has 2 aromatic rings. The zero-order chi connectivity index (χ0) is 17.9. The van der Waals surface area contributed by atoms with Gasteiger partial charge in [-0.25, -0.2) is 0 Å². The number of nitrogens with zero attached hydrogens (tertiary/aromatic N) is 1. The van der Waals surface area contributed by atoms with E-state index >= 15 is 0 Å². The van der Waals surface area contributed by atoms with Gasteiger partial charge in [-0.05, 0) is 45.0 Å². The first-order chi connectivity index (χ1) is 11.2. The summed E-state index contributed by atoms with van der Waals surface area (Å²) in [7, 11) is 1.57. The summed E-state index contributed by atoms with van der Waals surface area (Å²) in [5.41, 5.74) is 0.283. The molecular weight excluding hydrogens is 332 g/mol. The SMILES string of the molecule is COc1ccc(Nc2cc(OC(C)(C)C)cc(Cl)c2[N+](=O)[O-])cc1. The normalized spacial score (nSPS) is 11.0. The quantitative estimate of drug-likeness (QED) is 0.594. The van der Waals surface area contributed by atoms with Crippen LogP contribution in [-0.4, -0.2) is 17.6 Å². The number of ether oxygens (including phenoxy) is 2. The molecule has 0 saturated carbocycles. The Morgan fingerprint density at radius 3 is 2.25 bits per heavy atom. The first kappa shape index (κ1) is 17.9. The summed E-state index contributed by atoms with van der Waals surface area (Å²) in [6, 6.07) is 10.0. The van der Waals surface area contributed by atoms with Crippen LogP contribution in [0, 0.1) is 10.1 Å². The number of methoxy groups -OCH3 is 1. The maximum Gasteiger partial charge on any atom is 0.311 e. The first-order valence-corrected chi connectivity index (χ1v) is 7.65. The van der Waals surface area contributed by atoms with E-state index in [0.29, 0.717) is 17.2 Å². The lowest BCUT2D eigenvalue weighted by atomic mass is 10.2. The van der Waals surface area contributed by atoms with Crippen molar-refractivity contribution in [3.05, 3.63) is 51.5 Å². The van der Waals surface area contributed by atoms with Crippen molar-refractivity contribution < 1.29 is 14.4 Å². The van der Waals surface area contributed by atoms with Crippen LogP contribution in [0.2, 0.25) is 5.02 Å². The van der Waals surface area contributed by atoms with Gasteiger partial charge in [0.25, 0.3) is 0 Å². The minimum atomic E-state index is -0.519. The number of anilines is 2. The minimum Gasteiger partial charge on any atom is -0.497 e. The Morgan fingerprint density at radius 1 is 1.12 bits per heavy atom. The van der Waals surface area contributed by atoms with Gasteiger partial charge in [0, 0.05) is 17.8 Å². The summed E-state index contributed by atoms with van der Waals surface area (Å²) >= 11 is 6.09. The molecule has 0 spiro atoms. The lowest BCUT2D eigenvalue weighted by Crippen LogP contribution is -2.23. The molecule has 24 heavy (non-hydrogen) atoms. The fourth-order valence-electron chi connectivity index (χ4n) is 2.10. The van der Waals surface area contributed by atoms with Crippen LogP contribution < -0.4 is 14.8 Å². The third-order valence-electron chi connectivity index (χ3n) is 3.01. The van der Waals surface area contributed by atoms with Crippen molar-refractivity contribution in [2.75, 3.05) is 12.4 Å². The van der Waals surface area contributed by atoms with E-state index in [1.165, 1.54) is 6.07 Å². The van der Waals surface area contributed by atoms with Gasteiger partial charge in [0.15, 0.2) is 0 Å². The van der Waals surface area contributed by atoms with Crippen molar-refractivity contribution >= 4 is 28.7 Å². The van der Waals surface area contributed by atoms with Gasteiger partial charge in [0.05, 0.1) is 12.0 Å². The first-order valence-electron chi connectivity index (χ1n) is 7.27. The van der Waals surface area contributed by atoms with E-state index in [1.807, 2.05) is 20.8 Å². The molecule has 0 radical (unpaired) electrons. The van der Waals surface area contributed by atoms with Crippen molar-refractivity contribution in [1.82, 2.24) is 0 Å². The molecule has 128 valence electrons. The molecule has 2 aromatic carbocycles. The van der Waals surface area contributed by atoms with Crippen molar-refractivity contribution in [3.8, 4) is 11.5 Å². The fourth-order valence-corrected chi connectivity index (χ4v) is 2.38. The molecule has 0 aliphatic heterocycles. The van der Waals surface area contributed by atoms with Gasteiger partial charge < -0.3 is 14.8 Å². The summed E-state index contributed by atoms with van der Waals surface area (Å²) in [4.78, 5) is 10.8. The molecule has 7 heteroatoms. The number of hydrogen-bond donors (Lipinski definition) is 1. The van der Waals surface area contributed by atoms with Gasteiger partial charge in [-0.1, -0.05) is 11.6 Å². The van der Waals surface area contributed by atoms with Crippen molar-refractivity contribution in [3.63, 3.8) is 0 Å². The van der Waals surface area contributed by atoms with E-state index in [0.717, 1.165) is 0 Å². The Bertz CT molecular complexity index is 739. The third-order valence-corrected chi connectivity index (χ3v) is 3.30. The Kier molecular flexibility index (Phi) is 5.19. The zero-order valence-electron chi connectivity index (χ0n) is 13.9. The number of hydrogen-bond acceptors (Lipinski definition) is 5. The van der Waals surface area contributed by atoms with Crippen LogP contribution in [0.15, 0.2) is 36.4 Å². The Balaban J connectivity index is 2.42. The molecule has 1 N–H and O–H groups in total. The van der Waals surface area contributed by atoms with Crippen molar-refractivity contribution in [1.29, 1.82) is 0 Å². The second-order valence-electron chi connectivity index (χ2n) is 6.13. The van der Waals surface area contributed by atoms with Crippen LogP contribution >= 0.6 is 11.6 Å². The second kappa shape index (κ2) is 6.97. The summed E-state index contributed by atoms with van der Waals surface area (Å²) in [6.07, 6.45) is 0. The van der Waals surface area contributed by atoms with Crippen LogP contribution in [0.4, 0.5) is 17.1 Å². The van der Waals surface area contributed by atoms with E-state index in [-0.39, 0.29) is 16.4 Å². The molecule has 0 aliphatic carbocycles. The number of halogens is 1. The molecule has 0 unspecified atom stereocenters. The molecule has 0 amide bonds. The monoisotopic (exact) mass is 350 g/mol. The molecule has 0 atom stereocenters. The highest BCUT2D eigenvalue weighted by Gasteiger charge is 2.23. The summed E-state index contributed by atoms with van der Waals surface area (Å²) in [5, 5.41) is 14.4. The smallest absolute Gasteiger partial charge is 0.311 e. The molecule has 0 heterocycles. The van der Waals surface area contributed by atoms with Crippen LogP contribution in [0.25, 0.3) is 0 Å². The summed E-state index contributed by atoms with van der Waals surface area (Å²) in [5.74, 6) is 1.15. The topological polar surface area (TPSA) is 73.6 Å². The number of benzene rings is 2. The predicted octanol–water partition coefficient (Wildman–Crippen LogP) is 5.18. The molecule has 0 bridgehead atoms. The number of nitro benzene ring substituents is 1. The highest BCUT2D eigenvalue weighted by Crippen LogP contribution is 2.39. The number of rotatable bonds is 5. The van der Waals surface area contributed by atoms with Crippen LogP contribution in [0.3, 0.4) is 0 Å². The average Bonchev–Trinajstić information content (AvgIpc) is 2.45. The Morgan fingerprint density at radius 2 is 1.75 bits per heavy atom. The lowest BCUT2D eigenvalue weighted by molar-refractivity contribution is -0.383. The van der Waals surface area contributed by atoms with Gasteiger partial charge in [0.1, 0.15) is 27.8 Å². The number of nitro groups is 1. The fraction of sp³-hybridized carbons (Fsp3) is 0.294. The van der Waals surface area contributed by atoms with E-state index in [2.05, 4.69) is 5.32 Å². The minimum absolute atomic E-state index is 0.0118.